The van der Waals surface area contributed by atoms with Crippen LogP contribution in [0.5, 0.6) is 0 Å². The maximum absolute atomic E-state index is 12.9. The van der Waals surface area contributed by atoms with Gasteiger partial charge in [0.25, 0.3) is 0 Å². The predicted octanol–water partition coefficient (Wildman–Crippen LogP) is 3.69. The number of ether oxygens (including phenoxy) is 1. The molecule has 3 amide bonds. The summed E-state index contributed by atoms with van der Waals surface area (Å²) in [6.07, 6.45) is 6.70. The average molecular weight is 463 g/mol. The standard InChI is InChI=1S/C24H35ClN4O3/c1-32-18-21(5-11-27-13-9-24(7-8-24)10-14-27)29-16-15-28(12-6-22(29)30)23(31)26-20-4-2-3-19(25)17-20/h2-4,17,21H,5-16,18H2,1H3,(H,26,31). The average Bonchev–Trinajstić information content (AvgIpc) is 3.56. The molecule has 32 heavy (non-hydrogen) atoms. The van der Waals surface area contributed by atoms with Crippen LogP contribution < -0.4 is 5.32 Å². The number of piperidine rings is 1. The summed E-state index contributed by atoms with van der Waals surface area (Å²) in [5.74, 6) is 0.0979. The Morgan fingerprint density at radius 2 is 1.94 bits per heavy atom. The van der Waals surface area contributed by atoms with Crippen molar-refractivity contribution >= 4 is 29.2 Å². The second-order valence-corrected chi connectivity index (χ2v) is 9.94. The Morgan fingerprint density at radius 1 is 1.16 bits per heavy atom. The first kappa shape index (κ1) is 23.3. The fraction of sp³-hybridized carbons (Fsp3) is 0.667. The van der Waals surface area contributed by atoms with Gasteiger partial charge in [-0.3, -0.25) is 4.79 Å². The SMILES string of the molecule is COCC(CCN1CCC2(CC1)CC2)N1CCN(C(=O)Nc2cccc(Cl)c2)CCC1=O. The highest BCUT2D eigenvalue weighted by atomic mass is 35.5. The van der Waals surface area contributed by atoms with Crippen LogP contribution in [0.2, 0.25) is 5.02 Å². The first-order chi connectivity index (χ1) is 15.5. The molecule has 1 saturated carbocycles. The number of hydrogen-bond donors (Lipinski definition) is 1. The fourth-order valence-electron chi connectivity index (χ4n) is 4.98. The Kier molecular flexibility index (Phi) is 7.59. The number of halogens is 1. The van der Waals surface area contributed by atoms with E-state index in [0.717, 1.165) is 13.0 Å². The van der Waals surface area contributed by atoms with Crippen molar-refractivity contribution in [3.63, 3.8) is 0 Å². The van der Waals surface area contributed by atoms with Gasteiger partial charge in [-0.05, 0) is 68.8 Å². The molecule has 0 bridgehead atoms. The molecule has 1 aromatic rings. The van der Waals surface area contributed by atoms with Crippen LogP contribution in [0.25, 0.3) is 0 Å². The van der Waals surface area contributed by atoms with Crippen molar-refractivity contribution in [2.75, 3.05) is 58.3 Å². The Morgan fingerprint density at radius 3 is 2.62 bits per heavy atom. The van der Waals surface area contributed by atoms with Crippen molar-refractivity contribution in [1.82, 2.24) is 14.7 Å². The van der Waals surface area contributed by atoms with Gasteiger partial charge < -0.3 is 24.8 Å². The van der Waals surface area contributed by atoms with Gasteiger partial charge in [0.2, 0.25) is 5.91 Å². The summed E-state index contributed by atoms with van der Waals surface area (Å²) in [5.41, 5.74) is 1.33. The maximum atomic E-state index is 12.9. The maximum Gasteiger partial charge on any atom is 0.321 e. The van der Waals surface area contributed by atoms with Crippen molar-refractivity contribution in [1.29, 1.82) is 0 Å². The molecule has 1 spiro atoms. The number of nitrogens with one attached hydrogen (secondary N) is 1. The van der Waals surface area contributed by atoms with E-state index in [-0.39, 0.29) is 18.0 Å². The Hall–Kier alpha value is -1.83. The fourth-order valence-corrected chi connectivity index (χ4v) is 5.17. The molecule has 8 heteroatoms. The quantitative estimate of drug-likeness (QED) is 0.671. The first-order valence-corrected chi connectivity index (χ1v) is 12.2. The summed E-state index contributed by atoms with van der Waals surface area (Å²) in [6, 6.07) is 6.93. The van der Waals surface area contributed by atoms with E-state index in [1.54, 1.807) is 36.3 Å². The molecule has 1 aromatic carbocycles. The van der Waals surface area contributed by atoms with E-state index in [0.29, 0.717) is 48.8 Å². The number of urea groups is 1. The zero-order valence-electron chi connectivity index (χ0n) is 19.0. The van der Waals surface area contributed by atoms with Gasteiger partial charge in [-0.1, -0.05) is 17.7 Å². The second kappa shape index (κ2) is 10.4. The summed E-state index contributed by atoms with van der Waals surface area (Å²) in [5, 5.41) is 3.46. The van der Waals surface area contributed by atoms with Crippen LogP contribution >= 0.6 is 11.6 Å². The molecule has 1 N–H and O–H groups in total. The third kappa shape index (κ3) is 5.94. The number of hydrogen-bond acceptors (Lipinski definition) is 4. The smallest absolute Gasteiger partial charge is 0.321 e. The topological polar surface area (TPSA) is 65.1 Å². The number of carbonyl (C=O) groups is 2. The van der Waals surface area contributed by atoms with Crippen LogP contribution in [0, 0.1) is 5.41 Å². The molecule has 7 nitrogen and oxygen atoms in total. The van der Waals surface area contributed by atoms with Crippen molar-refractivity contribution in [2.45, 2.75) is 44.6 Å². The lowest BCUT2D eigenvalue weighted by Crippen LogP contribution is -2.46. The van der Waals surface area contributed by atoms with Gasteiger partial charge in [-0.25, -0.2) is 4.79 Å². The number of benzene rings is 1. The monoisotopic (exact) mass is 462 g/mol. The van der Waals surface area contributed by atoms with Crippen molar-refractivity contribution in [3.05, 3.63) is 29.3 Å². The van der Waals surface area contributed by atoms with Crippen LogP contribution in [0.4, 0.5) is 10.5 Å². The van der Waals surface area contributed by atoms with Crippen LogP contribution in [0.1, 0.15) is 38.5 Å². The largest absolute Gasteiger partial charge is 0.383 e. The molecule has 2 aliphatic heterocycles. The molecule has 0 radical (unpaired) electrons. The third-order valence-corrected chi connectivity index (χ3v) is 7.58. The van der Waals surface area contributed by atoms with Gasteiger partial charge in [0.15, 0.2) is 0 Å². The van der Waals surface area contributed by atoms with E-state index < -0.39 is 0 Å². The molecule has 4 rings (SSSR count). The molecule has 176 valence electrons. The van der Waals surface area contributed by atoms with E-state index in [9.17, 15) is 9.59 Å². The number of methoxy groups -OCH3 is 1. The number of carbonyl (C=O) groups excluding carboxylic acids is 2. The highest BCUT2D eigenvalue weighted by Crippen LogP contribution is 2.53. The van der Waals surface area contributed by atoms with Gasteiger partial charge in [0, 0.05) is 50.4 Å². The normalized spacial score (nSPS) is 22.0. The van der Waals surface area contributed by atoms with Gasteiger partial charge in [-0.2, -0.15) is 0 Å². The zero-order chi connectivity index (χ0) is 22.6. The third-order valence-electron chi connectivity index (χ3n) is 7.34. The van der Waals surface area contributed by atoms with Crippen molar-refractivity contribution in [2.24, 2.45) is 5.41 Å². The minimum atomic E-state index is -0.201. The molecule has 1 atom stereocenters. The van der Waals surface area contributed by atoms with E-state index in [4.69, 9.17) is 16.3 Å². The summed E-state index contributed by atoms with van der Waals surface area (Å²) in [7, 11) is 1.69. The van der Waals surface area contributed by atoms with Gasteiger partial charge >= 0.3 is 6.03 Å². The van der Waals surface area contributed by atoms with Crippen molar-refractivity contribution in [3.8, 4) is 0 Å². The molecule has 2 saturated heterocycles. The highest BCUT2D eigenvalue weighted by molar-refractivity contribution is 6.30. The molecule has 2 heterocycles. The van der Waals surface area contributed by atoms with E-state index in [1.807, 2.05) is 4.90 Å². The summed E-state index contributed by atoms with van der Waals surface area (Å²) < 4.78 is 5.48. The molecule has 1 unspecified atom stereocenters. The second-order valence-electron chi connectivity index (χ2n) is 9.50. The minimum absolute atomic E-state index is 0.0419. The lowest BCUT2D eigenvalue weighted by molar-refractivity contribution is -0.134. The summed E-state index contributed by atoms with van der Waals surface area (Å²) in [4.78, 5) is 31.9. The lowest BCUT2D eigenvalue weighted by Gasteiger charge is -2.35. The van der Waals surface area contributed by atoms with Gasteiger partial charge in [-0.15, -0.1) is 0 Å². The van der Waals surface area contributed by atoms with Crippen LogP contribution in [-0.4, -0.2) is 85.7 Å². The summed E-state index contributed by atoms with van der Waals surface area (Å²) in [6.45, 7) is 5.31. The van der Waals surface area contributed by atoms with E-state index >= 15 is 0 Å². The number of rotatable bonds is 7. The zero-order valence-corrected chi connectivity index (χ0v) is 19.8. The minimum Gasteiger partial charge on any atom is -0.383 e. The lowest BCUT2D eigenvalue weighted by atomic mass is 9.93. The molecular weight excluding hydrogens is 428 g/mol. The molecule has 3 aliphatic rings. The van der Waals surface area contributed by atoms with Crippen LogP contribution in [0.3, 0.4) is 0 Å². The molecule has 0 aromatic heterocycles. The Labute approximate surface area is 196 Å². The molecule has 1 aliphatic carbocycles. The predicted molar refractivity (Wildman–Crippen MR) is 126 cm³/mol. The van der Waals surface area contributed by atoms with Gasteiger partial charge in [0.05, 0.1) is 12.6 Å². The van der Waals surface area contributed by atoms with Crippen molar-refractivity contribution < 1.29 is 14.3 Å². The molecule has 3 fully saturated rings. The number of anilines is 1. The first-order valence-electron chi connectivity index (χ1n) is 11.8. The van der Waals surface area contributed by atoms with Crippen LogP contribution in [0.15, 0.2) is 24.3 Å². The number of nitrogens with zero attached hydrogens (tertiary/aromatic N) is 3. The molecular formula is C24H35ClN4O3. The number of likely N-dealkylation sites (tertiary alicyclic amines) is 1. The van der Waals surface area contributed by atoms with E-state index in [2.05, 4.69) is 10.2 Å². The Bertz CT molecular complexity index is 806. The summed E-state index contributed by atoms with van der Waals surface area (Å²) >= 11 is 6.01. The highest BCUT2D eigenvalue weighted by Gasteiger charge is 2.44. The Balaban J connectivity index is 1.30. The number of amides is 3. The van der Waals surface area contributed by atoms with Gasteiger partial charge in [0.1, 0.15) is 0 Å². The van der Waals surface area contributed by atoms with Crippen LogP contribution in [-0.2, 0) is 9.53 Å². The van der Waals surface area contributed by atoms with E-state index in [1.165, 1.54) is 38.8 Å².